The Hall–Kier alpha value is -2.17. The first-order valence-corrected chi connectivity index (χ1v) is 12.8. The number of ether oxygens (including phenoxy) is 1. The summed E-state index contributed by atoms with van der Waals surface area (Å²) >= 11 is 0. The second-order valence-electron chi connectivity index (χ2n) is 6.90. The van der Waals surface area contributed by atoms with Gasteiger partial charge in [0.25, 0.3) is 0 Å². The highest BCUT2D eigenvalue weighted by Crippen LogP contribution is 2.32. The fourth-order valence-corrected chi connectivity index (χ4v) is 6.14. The normalized spacial score (nSPS) is 16.4. The van der Waals surface area contributed by atoms with Crippen LogP contribution in [0.25, 0.3) is 0 Å². The van der Waals surface area contributed by atoms with Gasteiger partial charge in [-0.1, -0.05) is 18.2 Å². The van der Waals surface area contributed by atoms with Gasteiger partial charge in [0.15, 0.2) is 0 Å². The van der Waals surface area contributed by atoms with Gasteiger partial charge in [0.05, 0.1) is 18.0 Å². The summed E-state index contributed by atoms with van der Waals surface area (Å²) in [6, 6.07) is 10.5. The number of halogens is 1. The number of anilines is 1. The molecule has 0 aliphatic carbocycles. The van der Waals surface area contributed by atoms with Gasteiger partial charge in [-0.15, -0.1) is 0 Å². The van der Waals surface area contributed by atoms with E-state index < -0.39 is 25.9 Å². The molecule has 1 fully saturated rings. The zero-order chi connectivity index (χ0) is 21.8. The maximum absolute atomic E-state index is 13.8. The molecule has 2 aromatic carbocycles. The molecule has 0 spiro atoms. The molecule has 1 heterocycles. The van der Waals surface area contributed by atoms with E-state index in [1.807, 2.05) is 0 Å². The van der Waals surface area contributed by atoms with E-state index in [0.717, 1.165) is 0 Å². The minimum Gasteiger partial charge on any atom is -0.492 e. The molecule has 30 heavy (non-hydrogen) atoms. The number of hydrogen-bond donors (Lipinski definition) is 1. The summed E-state index contributed by atoms with van der Waals surface area (Å²) in [5.41, 5.74) is 0.686. The Kier molecular flexibility index (Phi) is 6.99. The topological polar surface area (TPSA) is 92.8 Å². The summed E-state index contributed by atoms with van der Waals surface area (Å²) in [6.45, 7) is 2.27. The molecule has 164 valence electrons. The molecule has 7 nitrogen and oxygen atoms in total. The molecule has 0 amide bonds. The smallest absolute Gasteiger partial charge is 0.244 e. The molecule has 0 saturated carbocycles. The zero-order valence-corrected chi connectivity index (χ0v) is 18.3. The van der Waals surface area contributed by atoms with E-state index in [9.17, 15) is 21.2 Å². The van der Waals surface area contributed by atoms with E-state index >= 15 is 0 Å². The largest absolute Gasteiger partial charge is 0.492 e. The van der Waals surface area contributed by atoms with Crippen LogP contribution in [0.3, 0.4) is 0 Å². The van der Waals surface area contributed by atoms with Gasteiger partial charge >= 0.3 is 0 Å². The molecular weight excluding hydrogens is 431 g/mol. The summed E-state index contributed by atoms with van der Waals surface area (Å²) in [5.74, 6) is -0.235. The molecule has 0 atom stereocenters. The fraction of sp³-hybridized carbons (Fsp3) is 0.400. The van der Waals surface area contributed by atoms with Gasteiger partial charge in [-0.3, -0.25) is 4.31 Å². The number of hydrogen-bond acceptors (Lipinski definition) is 5. The first-order valence-electron chi connectivity index (χ1n) is 9.75. The summed E-state index contributed by atoms with van der Waals surface area (Å²) in [4.78, 5) is -0.142. The highest BCUT2D eigenvalue weighted by molar-refractivity contribution is 7.92. The number of rotatable bonds is 8. The molecule has 1 aliphatic rings. The Bertz CT molecular complexity index is 1100. The van der Waals surface area contributed by atoms with Crippen LogP contribution in [-0.2, 0) is 26.5 Å². The van der Waals surface area contributed by atoms with Gasteiger partial charge in [0.2, 0.25) is 20.0 Å². The standard InChI is InChI=1S/C20H25FN2O5S2/c1-2-28-19-10-9-17(23-13-5-6-14-29(23,24)25)15-20(19)30(26,27)22-12-11-16-7-3-4-8-18(16)21/h3-4,7-10,15,22H,2,5-6,11-14H2,1H3. The number of nitrogens with one attached hydrogen (secondary N) is 1. The minimum absolute atomic E-state index is 0.0128. The molecule has 0 radical (unpaired) electrons. The third kappa shape index (κ3) is 5.11. The van der Waals surface area contributed by atoms with Crippen molar-refractivity contribution in [2.24, 2.45) is 0 Å². The molecule has 0 aromatic heterocycles. The van der Waals surface area contributed by atoms with Crippen LogP contribution >= 0.6 is 0 Å². The van der Waals surface area contributed by atoms with Crippen LogP contribution in [-0.4, -0.2) is 42.3 Å². The van der Waals surface area contributed by atoms with Gasteiger partial charge in [0.1, 0.15) is 16.5 Å². The highest BCUT2D eigenvalue weighted by Gasteiger charge is 2.28. The molecule has 3 rings (SSSR count). The Morgan fingerprint density at radius 2 is 1.93 bits per heavy atom. The lowest BCUT2D eigenvalue weighted by atomic mass is 10.1. The minimum atomic E-state index is -4.01. The van der Waals surface area contributed by atoms with Crippen molar-refractivity contribution in [1.82, 2.24) is 4.72 Å². The van der Waals surface area contributed by atoms with E-state index in [1.165, 1.54) is 22.5 Å². The molecule has 1 saturated heterocycles. The predicted molar refractivity (Wildman–Crippen MR) is 113 cm³/mol. The van der Waals surface area contributed by atoms with Crippen molar-refractivity contribution >= 4 is 25.7 Å². The van der Waals surface area contributed by atoms with Crippen molar-refractivity contribution in [1.29, 1.82) is 0 Å². The van der Waals surface area contributed by atoms with Crippen LogP contribution in [0.4, 0.5) is 10.1 Å². The SMILES string of the molecule is CCOc1ccc(N2CCCCS2(=O)=O)cc1S(=O)(=O)NCCc1ccccc1F. The highest BCUT2D eigenvalue weighted by atomic mass is 32.2. The maximum Gasteiger partial charge on any atom is 0.244 e. The van der Waals surface area contributed by atoms with E-state index in [-0.39, 0.29) is 41.7 Å². The number of sulfonamides is 2. The van der Waals surface area contributed by atoms with Crippen molar-refractivity contribution in [3.8, 4) is 5.75 Å². The third-order valence-corrected chi connectivity index (χ3v) is 8.15. The monoisotopic (exact) mass is 456 g/mol. The van der Waals surface area contributed by atoms with E-state index in [2.05, 4.69) is 4.72 Å². The molecular formula is C20H25FN2O5S2. The van der Waals surface area contributed by atoms with Gasteiger partial charge in [0, 0.05) is 13.1 Å². The van der Waals surface area contributed by atoms with Crippen LogP contribution in [0.15, 0.2) is 47.4 Å². The predicted octanol–water partition coefficient (Wildman–Crippen LogP) is 2.68. The average molecular weight is 457 g/mol. The van der Waals surface area contributed by atoms with Gasteiger partial charge in [-0.25, -0.2) is 25.9 Å². The Morgan fingerprint density at radius 3 is 2.63 bits per heavy atom. The Labute approximate surface area is 177 Å². The maximum atomic E-state index is 13.8. The fourth-order valence-electron chi connectivity index (χ4n) is 3.31. The zero-order valence-electron chi connectivity index (χ0n) is 16.7. The van der Waals surface area contributed by atoms with Crippen molar-refractivity contribution in [2.75, 3.05) is 29.8 Å². The summed E-state index contributed by atoms with van der Waals surface area (Å²) in [5, 5.41) is 0. The van der Waals surface area contributed by atoms with E-state index in [0.29, 0.717) is 24.9 Å². The summed E-state index contributed by atoms with van der Waals surface area (Å²) in [7, 11) is -7.50. The van der Waals surface area contributed by atoms with Crippen LogP contribution < -0.4 is 13.8 Å². The first kappa shape index (κ1) is 22.5. The van der Waals surface area contributed by atoms with Gasteiger partial charge in [-0.05, 0) is 56.0 Å². The van der Waals surface area contributed by atoms with Crippen LogP contribution in [0.1, 0.15) is 25.3 Å². The molecule has 1 aliphatic heterocycles. The number of nitrogens with zero attached hydrogens (tertiary/aromatic N) is 1. The van der Waals surface area contributed by atoms with Crippen LogP contribution in [0.2, 0.25) is 0 Å². The molecule has 1 N–H and O–H groups in total. The Morgan fingerprint density at radius 1 is 1.17 bits per heavy atom. The van der Waals surface area contributed by atoms with Crippen molar-refractivity contribution in [3.63, 3.8) is 0 Å². The van der Waals surface area contributed by atoms with Gasteiger partial charge < -0.3 is 4.74 Å². The second kappa shape index (κ2) is 9.32. The second-order valence-corrected chi connectivity index (χ2v) is 10.6. The summed E-state index contributed by atoms with van der Waals surface area (Å²) < 4.78 is 73.6. The Balaban J connectivity index is 1.86. The third-order valence-electron chi connectivity index (χ3n) is 4.80. The van der Waals surface area contributed by atoms with Crippen LogP contribution in [0.5, 0.6) is 5.75 Å². The quantitative estimate of drug-likeness (QED) is 0.659. The van der Waals surface area contributed by atoms with Crippen molar-refractivity contribution in [2.45, 2.75) is 31.1 Å². The number of benzene rings is 2. The lowest BCUT2D eigenvalue weighted by Gasteiger charge is -2.28. The van der Waals surface area contributed by atoms with E-state index in [1.54, 1.807) is 31.2 Å². The summed E-state index contributed by atoms with van der Waals surface area (Å²) in [6.07, 6.45) is 1.46. The van der Waals surface area contributed by atoms with Gasteiger partial charge in [-0.2, -0.15) is 0 Å². The van der Waals surface area contributed by atoms with Crippen molar-refractivity contribution < 1.29 is 26.0 Å². The first-order chi connectivity index (χ1) is 14.2. The molecule has 10 heteroatoms. The molecule has 2 aromatic rings. The van der Waals surface area contributed by atoms with Crippen LogP contribution in [0, 0.1) is 5.82 Å². The van der Waals surface area contributed by atoms with E-state index in [4.69, 9.17) is 4.74 Å². The van der Waals surface area contributed by atoms with Crippen molar-refractivity contribution in [3.05, 3.63) is 53.8 Å². The lowest BCUT2D eigenvalue weighted by molar-refractivity contribution is 0.331. The average Bonchev–Trinajstić information content (AvgIpc) is 2.70. The molecule has 0 bridgehead atoms. The molecule has 0 unspecified atom stereocenters. The lowest BCUT2D eigenvalue weighted by Crippen LogP contribution is -2.38.